The summed E-state index contributed by atoms with van der Waals surface area (Å²) in [6.07, 6.45) is -5.11. The molecule has 4 N–H and O–H groups in total. The lowest BCUT2D eigenvalue weighted by atomic mass is 10.3. The summed E-state index contributed by atoms with van der Waals surface area (Å²) in [6.45, 7) is 2.34. The third-order valence-electron chi connectivity index (χ3n) is 2.57. The van der Waals surface area contributed by atoms with E-state index in [1.165, 1.54) is 7.11 Å². The summed E-state index contributed by atoms with van der Waals surface area (Å²) >= 11 is 1.06. The maximum atomic E-state index is 12.1. The highest BCUT2D eigenvalue weighted by Crippen LogP contribution is 2.42. The number of alkyl halides is 3. The highest BCUT2D eigenvalue weighted by molar-refractivity contribution is 7.19. The highest BCUT2D eigenvalue weighted by Gasteiger charge is 2.26. The quantitative estimate of drug-likeness (QED) is 0.674. The second-order valence-electron chi connectivity index (χ2n) is 4.21. The zero-order chi connectivity index (χ0) is 16.0. The number of methoxy groups -OCH3 is 1. The lowest BCUT2D eigenvalue weighted by Gasteiger charge is -2.08. The number of carbonyl (C=O) groups is 1. The van der Waals surface area contributed by atoms with Gasteiger partial charge in [0.25, 0.3) is 5.91 Å². The second kappa shape index (κ2) is 7.39. The fourth-order valence-electron chi connectivity index (χ4n) is 1.65. The molecule has 9 heteroatoms. The molecule has 120 valence electrons. The maximum Gasteiger partial charge on any atom is 0.389 e. The van der Waals surface area contributed by atoms with E-state index in [1.807, 2.05) is 0 Å². The van der Waals surface area contributed by atoms with E-state index < -0.39 is 12.6 Å². The first kappa shape index (κ1) is 17.4. The molecule has 0 bridgehead atoms. The van der Waals surface area contributed by atoms with E-state index in [4.69, 9.17) is 10.5 Å². The van der Waals surface area contributed by atoms with Crippen LogP contribution in [0.3, 0.4) is 0 Å². The van der Waals surface area contributed by atoms with Crippen LogP contribution in [0.25, 0.3) is 0 Å². The fraction of sp³-hybridized carbons (Fsp3) is 0.583. The Balaban J connectivity index is 2.73. The van der Waals surface area contributed by atoms with Gasteiger partial charge in [-0.3, -0.25) is 4.79 Å². The van der Waals surface area contributed by atoms with Gasteiger partial charge in [-0.05, 0) is 13.3 Å². The SMILES string of the molecule is CCNC(=O)c1sc(NCCCC(F)(F)F)c(OC)c1N. The zero-order valence-corrected chi connectivity index (χ0v) is 12.6. The normalized spacial score (nSPS) is 11.3. The number of nitrogens with one attached hydrogen (secondary N) is 2. The number of hydrogen-bond acceptors (Lipinski definition) is 5. The van der Waals surface area contributed by atoms with Crippen molar-refractivity contribution in [3.8, 4) is 5.75 Å². The molecule has 0 aliphatic carbocycles. The molecule has 0 saturated heterocycles. The molecule has 0 atom stereocenters. The van der Waals surface area contributed by atoms with Crippen LogP contribution in [0, 0.1) is 0 Å². The van der Waals surface area contributed by atoms with Crippen molar-refractivity contribution in [1.29, 1.82) is 0 Å². The van der Waals surface area contributed by atoms with Crippen molar-refractivity contribution in [1.82, 2.24) is 5.32 Å². The van der Waals surface area contributed by atoms with Crippen molar-refractivity contribution in [2.75, 3.05) is 31.2 Å². The number of hydrogen-bond donors (Lipinski definition) is 3. The van der Waals surface area contributed by atoms with Gasteiger partial charge in [-0.2, -0.15) is 13.2 Å². The molecule has 0 spiro atoms. The number of amides is 1. The third kappa shape index (κ3) is 5.00. The minimum atomic E-state index is -4.17. The van der Waals surface area contributed by atoms with Gasteiger partial charge >= 0.3 is 6.18 Å². The lowest BCUT2D eigenvalue weighted by molar-refractivity contribution is -0.134. The Morgan fingerprint density at radius 3 is 2.62 bits per heavy atom. The smallest absolute Gasteiger partial charge is 0.389 e. The first-order valence-corrected chi connectivity index (χ1v) is 7.16. The van der Waals surface area contributed by atoms with Crippen LogP contribution in [0.15, 0.2) is 0 Å². The first-order chi connectivity index (χ1) is 9.80. The molecular formula is C12H18F3N3O2S. The molecule has 1 aromatic heterocycles. The second-order valence-corrected chi connectivity index (χ2v) is 5.23. The van der Waals surface area contributed by atoms with Gasteiger partial charge in [-0.25, -0.2) is 0 Å². The van der Waals surface area contributed by atoms with Gasteiger partial charge in [0.05, 0.1) is 7.11 Å². The molecular weight excluding hydrogens is 307 g/mol. The van der Waals surface area contributed by atoms with Crippen molar-refractivity contribution in [3.63, 3.8) is 0 Å². The van der Waals surface area contributed by atoms with Gasteiger partial charge in [0.15, 0.2) is 5.75 Å². The Labute approximate surface area is 124 Å². The average Bonchev–Trinajstić information content (AvgIpc) is 2.70. The van der Waals surface area contributed by atoms with E-state index in [0.717, 1.165) is 11.3 Å². The van der Waals surface area contributed by atoms with E-state index in [0.29, 0.717) is 11.5 Å². The van der Waals surface area contributed by atoms with Crippen LogP contribution in [-0.4, -0.2) is 32.3 Å². The van der Waals surface area contributed by atoms with Gasteiger partial charge in [0.2, 0.25) is 0 Å². The van der Waals surface area contributed by atoms with E-state index in [-0.39, 0.29) is 35.2 Å². The zero-order valence-electron chi connectivity index (χ0n) is 11.8. The number of rotatable bonds is 7. The van der Waals surface area contributed by atoms with Crippen LogP contribution < -0.4 is 21.1 Å². The summed E-state index contributed by atoms with van der Waals surface area (Å²) in [7, 11) is 1.39. The minimum absolute atomic E-state index is 0.0685. The van der Waals surface area contributed by atoms with Crippen molar-refractivity contribution in [3.05, 3.63) is 4.88 Å². The number of nitrogens with two attached hydrogens (primary N) is 1. The Morgan fingerprint density at radius 2 is 2.10 bits per heavy atom. The van der Waals surface area contributed by atoms with E-state index >= 15 is 0 Å². The van der Waals surface area contributed by atoms with E-state index in [9.17, 15) is 18.0 Å². The molecule has 1 amide bonds. The van der Waals surface area contributed by atoms with Gasteiger partial charge in [-0.15, -0.1) is 11.3 Å². The van der Waals surface area contributed by atoms with Crippen molar-refractivity contribution in [2.24, 2.45) is 0 Å². The molecule has 1 heterocycles. The summed E-state index contributed by atoms with van der Waals surface area (Å²) in [5.74, 6) is -0.0464. The molecule has 0 fully saturated rings. The van der Waals surface area contributed by atoms with Crippen LogP contribution in [0.5, 0.6) is 5.75 Å². The Bertz CT molecular complexity index is 489. The Hall–Kier alpha value is -1.64. The predicted octanol–water partition coefficient (Wildman–Crippen LogP) is 2.84. The monoisotopic (exact) mass is 325 g/mol. The summed E-state index contributed by atoms with van der Waals surface area (Å²) in [4.78, 5) is 12.1. The van der Waals surface area contributed by atoms with Gasteiger partial charge in [0.1, 0.15) is 15.6 Å². The number of ether oxygens (including phenoxy) is 1. The van der Waals surface area contributed by atoms with Crippen LogP contribution in [-0.2, 0) is 0 Å². The van der Waals surface area contributed by atoms with Gasteiger partial charge in [0, 0.05) is 19.5 Å². The number of carbonyl (C=O) groups excluding carboxylic acids is 1. The minimum Gasteiger partial charge on any atom is -0.492 e. The maximum absolute atomic E-state index is 12.1. The van der Waals surface area contributed by atoms with Gasteiger partial charge < -0.3 is 21.1 Å². The molecule has 0 aliphatic rings. The molecule has 1 aromatic rings. The fourth-order valence-corrected chi connectivity index (χ4v) is 2.68. The van der Waals surface area contributed by atoms with Crippen LogP contribution in [0.1, 0.15) is 29.4 Å². The van der Waals surface area contributed by atoms with E-state index in [1.54, 1.807) is 6.92 Å². The Kier molecular flexibility index (Phi) is 6.13. The van der Waals surface area contributed by atoms with Crippen molar-refractivity contribution >= 4 is 27.9 Å². The lowest BCUT2D eigenvalue weighted by Crippen LogP contribution is -2.22. The summed E-state index contributed by atoms with van der Waals surface area (Å²) in [6, 6.07) is 0. The topological polar surface area (TPSA) is 76.4 Å². The van der Waals surface area contributed by atoms with E-state index in [2.05, 4.69) is 10.6 Å². The molecule has 0 radical (unpaired) electrons. The number of halogens is 3. The first-order valence-electron chi connectivity index (χ1n) is 6.35. The number of nitrogen functional groups attached to an aromatic ring is 1. The predicted molar refractivity (Wildman–Crippen MR) is 77.1 cm³/mol. The Morgan fingerprint density at radius 1 is 1.43 bits per heavy atom. The van der Waals surface area contributed by atoms with Crippen molar-refractivity contribution < 1.29 is 22.7 Å². The van der Waals surface area contributed by atoms with Crippen LogP contribution >= 0.6 is 11.3 Å². The molecule has 5 nitrogen and oxygen atoms in total. The molecule has 0 unspecified atom stereocenters. The molecule has 21 heavy (non-hydrogen) atoms. The average molecular weight is 325 g/mol. The number of anilines is 2. The number of thiophene rings is 1. The highest BCUT2D eigenvalue weighted by atomic mass is 32.1. The van der Waals surface area contributed by atoms with Crippen molar-refractivity contribution in [2.45, 2.75) is 25.9 Å². The van der Waals surface area contributed by atoms with Gasteiger partial charge in [-0.1, -0.05) is 0 Å². The standard InChI is InChI=1S/C12H18F3N3O2S/c1-3-17-10(19)9-7(16)8(20-2)11(21-9)18-6-4-5-12(13,14)15/h18H,3-6,16H2,1-2H3,(H,17,19). The molecule has 0 saturated carbocycles. The molecule has 0 aromatic carbocycles. The third-order valence-corrected chi connectivity index (χ3v) is 3.71. The summed E-state index contributed by atoms with van der Waals surface area (Å²) in [5, 5.41) is 5.90. The largest absolute Gasteiger partial charge is 0.492 e. The molecule has 0 aliphatic heterocycles. The van der Waals surface area contributed by atoms with Crippen LogP contribution in [0.4, 0.5) is 23.9 Å². The summed E-state index contributed by atoms with van der Waals surface area (Å²) in [5.41, 5.74) is 6.01. The summed E-state index contributed by atoms with van der Waals surface area (Å²) < 4.78 is 41.3. The molecule has 1 rings (SSSR count). The van der Waals surface area contributed by atoms with Crippen LogP contribution in [0.2, 0.25) is 0 Å².